The van der Waals surface area contributed by atoms with Crippen molar-refractivity contribution in [2.45, 2.75) is 6.92 Å². The zero-order valence-corrected chi connectivity index (χ0v) is 11.5. The number of hydrogen-bond donors (Lipinski definition) is 0. The Labute approximate surface area is 117 Å². The molecule has 0 N–H and O–H groups in total. The van der Waals surface area contributed by atoms with E-state index < -0.39 is 11.6 Å². The minimum atomic E-state index is -0.825. The van der Waals surface area contributed by atoms with Gasteiger partial charge >= 0.3 is 0 Å². The summed E-state index contributed by atoms with van der Waals surface area (Å²) in [5.74, 6) is -1.64. The summed E-state index contributed by atoms with van der Waals surface area (Å²) >= 11 is 3.24. The zero-order valence-electron chi connectivity index (χ0n) is 9.91. The molecule has 2 rings (SSSR count). The standard InChI is InChI=1S/C14H9BrF2O2/c1-8(18)11-4-2-9(15)6-14(11)19-13-5-3-10(16)7-12(13)17/h2-7H,1H3. The molecule has 0 radical (unpaired) electrons. The quantitative estimate of drug-likeness (QED) is 0.763. The molecule has 0 heterocycles. The second-order valence-electron chi connectivity index (χ2n) is 3.87. The summed E-state index contributed by atoms with van der Waals surface area (Å²) in [5.41, 5.74) is 0.326. The molecule has 0 spiro atoms. The molecule has 0 atom stereocenters. The van der Waals surface area contributed by atoms with E-state index in [1.54, 1.807) is 18.2 Å². The van der Waals surface area contributed by atoms with Gasteiger partial charge in [0.2, 0.25) is 0 Å². The van der Waals surface area contributed by atoms with Gasteiger partial charge in [-0.2, -0.15) is 0 Å². The number of carbonyl (C=O) groups is 1. The molecule has 0 bridgehead atoms. The second kappa shape index (κ2) is 5.48. The number of ether oxygens (including phenoxy) is 1. The van der Waals surface area contributed by atoms with E-state index in [0.717, 1.165) is 12.1 Å². The maximum Gasteiger partial charge on any atom is 0.168 e. The van der Waals surface area contributed by atoms with Crippen LogP contribution in [0.1, 0.15) is 17.3 Å². The predicted octanol–water partition coefficient (Wildman–Crippen LogP) is 4.72. The Morgan fingerprint density at radius 2 is 1.84 bits per heavy atom. The molecular formula is C14H9BrF2O2. The second-order valence-corrected chi connectivity index (χ2v) is 4.79. The highest BCUT2D eigenvalue weighted by molar-refractivity contribution is 9.10. The van der Waals surface area contributed by atoms with E-state index in [1.807, 2.05) is 0 Å². The molecule has 2 aromatic rings. The van der Waals surface area contributed by atoms with Crippen molar-refractivity contribution in [3.05, 3.63) is 58.1 Å². The van der Waals surface area contributed by atoms with Gasteiger partial charge in [-0.25, -0.2) is 8.78 Å². The maximum atomic E-state index is 13.5. The summed E-state index contributed by atoms with van der Waals surface area (Å²) in [4.78, 5) is 11.5. The topological polar surface area (TPSA) is 26.3 Å². The summed E-state index contributed by atoms with van der Waals surface area (Å²) in [5, 5.41) is 0. The SMILES string of the molecule is CC(=O)c1ccc(Br)cc1Oc1ccc(F)cc1F. The number of carbonyl (C=O) groups excluding carboxylic acids is 1. The van der Waals surface area contributed by atoms with Gasteiger partial charge in [0.25, 0.3) is 0 Å². The lowest BCUT2D eigenvalue weighted by atomic mass is 10.1. The minimum Gasteiger partial charge on any atom is -0.453 e. The molecule has 0 aromatic heterocycles. The summed E-state index contributed by atoms with van der Waals surface area (Å²) in [7, 11) is 0. The van der Waals surface area contributed by atoms with Gasteiger partial charge in [0.15, 0.2) is 17.3 Å². The van der Waals surface area contributed by atoms with Crippen molar-refractivity contribution in [2.24, 2.45) is 0 Å². The Morgan fingerprint density at radius 1 is 1.11 bits per heavy atom. The molecule has 0 fully saturated rings. The van der Waals surface area contributed by atoms with Crippen molar-refractivity contribution in [2.75, 3.05) is 0 Å². The monoisotopic (exact) mass is 326 g/mol. The fourth-order valence-electron chi connectivity index (χ4n) is 1.55. The molecule has 0 saturated carbocycles. The third-order valence-corrected chi connectivity index (χ3v) is 2.93. The predicted molar refractivity (Wildman–Crippen MR) is 70.6 cm³/mol. The Hall–Kier alpha value is -1.75. The van der Waals surface area contributed by atoms with Crippen LogP contribution in [0.2, 0.25) is 0 Å². The van der Waals surface area contributed by atoms with E-state index in [2.05, 4.69) is 15.9 Å². The Morgan fingerprint density at radius 3 is 2.47 bits per heavy atom. The van der Waals surface area contributed by atoms with Gasteiger partial charge in [0.05, 0.1) is 5.56 Å². The van der Waals surface area contributed by atoms with Crippen LogP contribution in [0.3, 0.4) is 0 Å². The molecule has 0 aliphatic heterocycles. The number of hydrogen-bond acceptors (Lipinski definition) is 2. The minimum absolute atomic E-state index is 0.137. The van der Waals surface area contributed by atoms with Crippen molar-refractivity contribution in [3.8, 4) is 11.5 Å². The highest BCUT2D eigenvalue weighted by Crippen LogP contribution is 2.30. The van der Waals surface area contributed by atoms with Gasteiger partial charge in [-0.05, 0) is 37.3 Å². The number of rotatable bonds is 3. The molecule has 0 saturated heterocycles. The molecule has 98 valence electrons. The van der Waals surface area contributed by atoms with E-state index in [-0.39, 0.29) is 17.3 Å². The molecule has 2 nitrogen and oxygen atoms in total. The number of halogens is 3. The first kappa shape index (κ1) is 13.7. The van der Waals surface area contributed by atoms with Crippen molar-refractivity contribution < 1.29 is 18.3 Å². The molecule has 19 heavy (non-hydrogen) atoms. The summed E-state index contributed by atoms with van der Waals surface area (Å²) in [6, 6.07) is 7.80. The smallest absolute Gasteiger partial charge is 0.168 e. The first-order valence-electron chi connectivity index (χ1n) is 5.41. The van der Waals surface area contributed by atoms with Gasteiger partial charge in [0, 0.05) is 10.5 Å². The number of ketones is 1. The fourth-order valence-corrected chi connectivity index (χ4v) is 1.89. The number of benzene rings is 2. The maximum absolute atomic E-state index is 13.5. The average Bonchev–Trinajstić information content (AvgIpc) is 2.32. The van der Waals surface area contributed by atoms with Gasteiger partial charge in [-0.3, -0.25) is 4.79 Å². The van der Waals surface area contributed by atoms with E-state index in [9.17, 15) is 13.6 Å². The Kier molecular flexibility index (Phi) is 3.95. The van der Waals surface area contributed by atoms with Gasteiger partial charge < -0.3 is 4.74 Å². The summed E-state index contributed by atoms with van der Waals surface area (Å²) in [6.45, 7) is 1.39. The van der Waals surface area contributed by atoms with Gasteiger partial charge in [0.1, 0.15) is 11.6 Å². The van der Waals surface area contributed by atoms with Crippen LogP contribution in [0, 0.1) is 11.6 Å². The summed E-state index contributed by atoms with van der Waals surface area (Å²) < 4.78 is 32.3. The first-order chi connectivity index (χ1) is 8.97. The van der Waals surface area contributed by atoms with Crippen LogP contribution in [-0.2, 0) is 0 Å². The zero-order chi connectivity index (χ0) is 14.0. The lowest BCUT2D eigenvalue weighted by Gasteiger charge is -2.10. The first-order valence-corrected chi connectivity index (χ1v) is 6.20. The third-order valence-electron chi connectivity index (χ3n) is 2.44. The third kappa shape index (κ3) is 3.17. The molecule has 2 aromatic carbocycles. The molecule has 0 unspecified atom stereocenters. The normalized spacial score (nSPS) is 10.3. The highest BCUT2D eigenvalue weighted by Gasteiger charge is 2.12. The van der Waals surface area contributed by atoms with Crippen molar-refractivity contribution in [1.82, 2.24) is 0 Å². The van der Waals surface area contributed by atoms with Crippen LogP contribution in [0.15, 0.2) is 40.9 Å². The van der Waals surface area contributed by atoms with Crippen LogP contribution in [0.4, 0.5) is 8.78 Å². The van der Waals surface area contributed by atoms with E-state index in [1.165, 1.54) is 13.0 Å². The molecule has 0 amide bonds. The van der Waals surface area contributed by atoms with E-state index in [4.69, 9.17) is 4.74 Å². The van der Waals surface area contributed by atoms with Crippen LogP contribution >= 0.6 is 15.9 Å². The highest BCUT2D eigenvalue weighted by atomic mass is 79.9. The largest absolute Gasteiger partial charge is 0.453 e. The lowest BCUT2D eigenvalue weighted by molar-refractivity contribution is 0.101. The Balaban J connectivity index is 2.42. The summed E-state index contributed by atoms with van der Waals surface area (Å²) in [6.07, 6.45) is 0. The lowest BCUT2D eigenvalue weighted by Crippen LogP contribution is -1.98. The molecule has 5 heteroatoms. The van der Waals surface area contributed by atoms with Crippen LogP contribution in [-0.4, -0.2) is 5.78 Å². The fraction of sp³-hybridized carbons (Fsp3) is 0.0714. The van der Waals surface area contributed by atoms with Crippen LogP contribution in [0.5, 0.6) is 11.5 Å². The Bertz CT molecular complexity index is 641. The van der Waals surface area contributed by atoms with Crippen molar-refractivity contribution >= 4 is 21.7 Å². The van der Waals surface area contributed by atoms with Crippen LogP contribution < -0.4 is 4.74 Å². The average molecular weight is 327 g/mol. The van der Waals surface area contributed by atoms with Crippen molar-refractivity contribution in [3.63, 3.8) is 0 Å². The molecular weight excluding hydrogens is 318 g/mol. The van der Waals surface area contributed by atoms with Crippen molar-refractivity contribution in [1.29, 1.82) is 0 Å². The van der Waals surface area contributed by atoms with E-state index in [0.29, 0.717) is 10.0 Å². The van der Waals surface area contributed by atoms with Gasteiger partial charge in [-0.15, -0.1) is 0 Å². The van der Waals surface area contributed by atoms with Gasteiger partial charge in [-0.1, -0.05) is 15.9 Å². The molecule has 0 aliphatic carbocycles. The number of Topliss-reactive ketones (excluding diaryl/α,β-unsaturated/α-hetero) is 1. The van der Waals surface area contributed by atoms with Crippen LogP contribution in [0.25, 0.3) is 0 Å². The molecule has 0 aliphatic rings. The van der Waals surface area contributed by atoms with E-state index >= 15 is 0 Å².